The van der Waals surface area contributed by atoms with Crippen molar-refractivity contribution in [3.63, 3.8) is 0 Å². The first-order valence-corrected chi connectivity index (χ1v) is 5.09. The molecule has 0 saturated carbocycles. The lowest BCUT2D eigenvalue weighted by atomic mass is 9.97. The number of carbonyl (C=O) groups is 1. The zero-order chi connectivity index (χ0) is 10.8. The third kappa shape index (κ3) is 2.69. The average molecular weight is 200 g/mol. The molecule has 0 amide bonds. The fourth-order valence-electron chi connectivity index (χ4n) is 1.40. The van der Waals surface area contributed by atoms with Gasteiger partial charge < -0.3 is 10.5 Å². The summed E-state index contributed by atoms with van der Waals surface area (Å²) in [5.74, 6) is 0.0941. The van der Waals surface area contributed by atoms with Crippen LogP contribution < -0.4 is 11.1 Å². The van der Waals surface area contributed by atoms with Gasteiger partial charge in [-0.25, -0.2) is 0 Å². The fraction of sp³-hybridized carbons (Fsp3) is 0.900. The summed E-state index contributed by atoms with van der Waals surface area (Å²) in [6.45, 7) is 6.99. The molecule has 82 valence electrons. The molecular formula is C10H20N2O2. The lowest BCUT2D eigenvalue weighted by molar-refractivity contribution is -0.161. The molecule has 1 aliphatic rings. The van der Waals surface area contributed by atoms with Gasteiger partial charge in [0, 0.05) is 12.5 Å². The predicted octanol–water partition coefficient (Wildman–Crippen LogP) is 0.470. The Balaban J connectivity index is 2.48. The number of hydrogen-bond acceptors (Lipinski definition) is 4. The summed E-state index contributed by atoms with van der Waals surface area (Å²) in [4.78, 5) is 11.6. The Morgan fingerprint density at radius 3 is 2.71 bits per heavy atom. The van der Waals surface area contributed by atoms with E-state index in [9.17, 15) is 4.79 Å². The van der Waals surface area contributed by atoms with Gasteiger partial charge in [-0.2, -0.15) is 0 Å². The number of hydrogen-bond donors (Lipinski definition) is 2. The van der Waals surface area contributed by atoms with Gasteiger partial charge in [0.1, 0.15) is 0 Å². The van der Waals surface area contributed by atoms with E-state index in [2.05, 4.69) is 5.32 Å². The first-order valence-electron chi connectivity index (χ1n) is 5.09. The minimum Gasteiger partial charge on any atom is -0.446 e. The molecule has 0 aromatic heterocycles. The highest BCUT2D eigenvalue weighted by atomic mass is 16.6. The van der Waals surface area contributed by atoms with Crippen molar-refractivity contribution in [2.24, 2.45) is 17.1 Å². The van der Waals surface area contributed by atoms with E-state index in [0.717, 1.165) is 13.0 Å². The van der Waals surface area contributed by atoms with Gasteiger partial charge in [0.25, 0.3) is 0 Å². The molecular weight excluding hydrogens is 180 g/mol. The Hall–Kier alpha value is -0.610. The maximum Gasteiger partial charge on any atom is 0.312 e. The van der Waals surface area contributed by atoms with Crippen molar-refractivity contribution in [3.05, 3.63) is 0 Å². The molecule has 14 heavy (non-hydrogen) atoms. The molecule has 2 atom stereocenters. The van der Waals surface area contributed by atoms with E-state index in [1.165, 1.54) is 0 Å². The molecule has 0 aliphatic carbocycles. The van der Waals surface area contributed by atoms with E-state index in [-0.39, 0.29) is 18.1 Å². The summed E-state index contributed by atoms with van der Waals surface area (Å²) in [6, 6.07) is 0. The molecule has 3 N–H and O–H groups in total. The van der Waals surface area contributed by atoms with Gasteiger partial charge in [-0.05, 0) is 33.7 Å². The molecule has 1 aliphatic heterocycles. The third-order valence-corrected chi connectivity index (χ3v) is 2.44. The fourth-order valence-corrected chi connectivity index (χ4v) is 1.40. The van der Waals surface area contributed by atoms with Crippen molar-refractivity contribution < 1.29 is 9.53 Å². The highest BCUT2D eigenvalue weighted by Gasteiger charge is 2.32. The second kappa shape index (κ2) is 4.28. The minimum absolute atomic E-state index is 0.171. The maximum absolute atomic E-state index is 11.6. The van der Waals surface area contributed by atoms with Gasteiger partial charge >= 0.3 is 5.97 Å². The third-order valence-electron chi connectivity index (χ3n) is 2.44. The van der Waals surface area contributed by atoms with Gasteiger partial charge in [-0.1, -0.05) is 0 Å². The Morgan fingerprint density at radius 2 is 2.21 bits per heavy atom. The number of ether oxygens (including phenoxy) is 1. The van der Waals surface area contributed by atoms with Crippen LogP contribution in [0.4, 0.5) is 0 Å². The summed E-state index contributed by atoms with van der Waals surface area (Å²) < 4.78 is 5.35. The zero-order valence-corrected chi connectivity index (χ0v) is 9.17. The van der Waals surface area contributed by atoms with Gasteiger partial charge in [0.05, 0.1) is 5.41 Å². The van der Waals surface area contributed by atoms with E-state index in [0.29, 0.717) is 6.54 Å². The molecule has 0 aromatic rings. The quantitative estimate of drug-likeness (QED) is 0.636. The van der Waals surface area contributed by atoms with Gasteiger partial charge in [0.15, 0.2) is 6.23 Å². The number of nitrogens with two attached hydrogens (primary N) is 1. The molecule has 1 unspecified atom stereocenters. The number of nitrogens with one attached hydrogen (secondary N) is 1. The molecule has 4 heteroatoms. The second-order valence-electron chi connectivity index (χ2n) is 4.81. The summed E-state index contributed by atoms with van der Waals surface area (Å²) in [5, 5.41) is 3.14. The normalized spacial score (nSPS) is 27.7. The van der Waals surface area contributed by atoms with Crippen molar-refractivity contribution in [2.45, 2.75) is 33.4 Å². The van der Waals surface area contributed by atoms with Crippen molar-refractivity contribution in [2.75, 3.05) is 13.1 Å². The van der Waals surface area contributed by atoms with Gasteiger partial charge in [-0.15, -0.1) is 0 Å². The van der Waals surface area contributed by atoms with Crippen LogP contribution in [0.1, 0.15) is 27.2 Å². The summed E-state index contributed by atoms with van der Waals surface area (Å²) in [6.07, 6.45) is 0.796. The van der Waals surface area contributed by atoms with E-state index in [1.807, 2.05) is 20.8 Å². The molecule has 0 bridgehead atoms. The summed E-state index contributed by atoms with van der Waals surface area (Å²) >= 11 is 0. The lowest BCUT2D eigenvalue weighted by Crippen LogP contribution is -2.38. The number of carbonyl (C=O) groups excluding carboxylic acids is 1. The molecule has 0 spiro atoms. The van der Waals surface area contributed by atoms with Crippen molar-refractivity contribution >= 4 is 5.97 Å². The molecule has 1 saturated heterocycles. The first kappa shape index (κ1) is 11.5. The van der Waals surface area contributed by atoms with Crippen LogP contribution in [0.25, 0.3) is 0 Å². The Bertz CT molecular complexity index is 211. The molecule has 0 aromatic carbocycles. The summed E-state index contributed by atoms with van der Waals surface area (Å²) in [5.41, 5.74) is 5.14. The highest BCUT2D eigenvalue weighted by molar-refractivity contribution is 5.75. The SMILES string of the molecule is CC(C)(C)C(=O)OC1NCC[C@@H]1CN. The predicted molar refractivity (Wildman–Crippen MR) is 54.5 cm³/mol. The van der Waals surface area contributed by atoms with Gasteiger partial charge in [0.2, 0.25) is 0 Å². The van der Waals surface area contributed by atoms with E-state index >= 15 is 0 Å². The standard InChI is InChI=1S/C10H20N2O2/c1-10(2,3)9(13)14-8-7(6-11)4-5-12-8/h7-8,12H,4-6,11H2,1-3H3/t7-,8?/m1/s1. The number of rotatable bonds is 2. The highest BCUT2D eigenvalue weighted by Crippen LogP contribution is 2.21. The smallest absolute Gasteiger partial charge is 0.312 e. The number of esters is 1. The van der Waals surface area contributed by atoms with Crippen LogP contribution in [0, 0.1) is 11.3 Å². The van der Waals surface area contributed by atoms with Crippen LogP contribution in [0.3, 0.4) is 0 Å². The maximum atomic E-state index is 11.6. The first-order chi connectivity index (χ1) is 6.45. The Morgan fingerprint density at radius 1 is 1.57 bits per heavy atom. The van der Waals surface area contributed by atoms with Crippen molar-refractivity contribution in [3.8, 4) is 0 Å². The Labute approximate surface area is 85.2 Å². The molecule has 1 fully saturated rings. The van der Waals surface area contributed by atoms with E-state index < -0.39 is 5.41 Å². The van der Waals surface area contributed by atoms with Crippen LogP contribution in [0.2, 0.25) is 0 Å². The van der Waals surface area contributed by atoms with Crippen LogP contribution in [0.5, 0.6) is 0 Å². The van der Waals surface area contributed by atoms with E-state index in [4.69, 9.17) is 10.5 Å². The van der Waals surface area contributed by atoms with Crippen LogP contribution in [-0.4, -0.2) is 25.3 Å². The van der Waals surface area contributed by atoms with Gasteiger partial charge in [-0.3, -0.25) is 10.1 Å². The molecule has 1 heterocycles. The monoisotopic (exact) mass is 200 g/mol. The minimum atomic E-state index is -0.441. The average Bonchev–Trinajstić information content (AvgIpc) is 2.50. The van der Waals surface area contributed by atoms with Crippen LogP contribution in [-0.2, 0) is 9.53 Å². The second-order valence-corrected chi connectivity index (χ2v) is 4.81. The molecule has 4 nitrogen and oxygen atoms in total. The molecule has 0 radical (unpaired) electrons. The van der Waals surface area contributed by atoms with E-state index in [1.54, 1.807) is 0 Å². The van der Waals surface area contributed by atoms with Crippen LogP contribution in [0.15, 0.2) is 0 Å². The van der Waals surface area contributed by atoms with Crippen molar-refractivity contribution in [1.82, 2.24) is 5.32 Å². The zero-order valence-electron chi connectivity index (χ0n) is 9.17. The van der Waals surface area contributed by atoms with Crippen LogP contribution >= 0.6 is 0 Å². The lowest BCUT2D eigenvalue weighted by Gasteiger charge is -2.23. The Kier molecular flexibility index (Phi) is 3.50. The van der Waals surface area contributed by atoms with Crippen molar-refractivity contribution in [1.29, 1.82) is 0 Å². The molecule has 1 rings (SSSR count). The largest absolute Gasteiger partial charge is 0.446 e. The summed E-state index contributed by atoms with van der Waals surface area (Å²) in [7, 11) is 0. The topological polar surface area (TPSA) is 64.3 Å².